The normalized spacial score (nSPS) is 12.4. The first kappa shape index (κ1) is 22.8. The smallest absolute Gasteiger partial charge is 0.249 e. The number of amides is 1. The van der Waals surface area contributed by atoms with E-state index in [9.17, 15) is 9.00 Å². The Labute approximate surface area is 189 Å². The zero-order valence-electron chi connectivity index (χ0n) is 17.7. The maximum absolute atomic E-state index is 12.9. The van der Waals surface area contributed by atoms with Gasteiger partial charge < -0.3 is 20.5 Å². The highest BCUT2D eigenvalue weighted by Crippen LogP contribution is 2.27. The zero-order valence-corrected chi connectivity index (χ0v) is 18.6. The minimum absolute atomic E-state index is 0.305. The molecule has 0 spiro atoms. The largest absolute Gasteiger partial charge is 0.495 e. The number of aliphatic imine (C=N–C) groups is 1. The van der Waals surface area contributed by atoms with Crippen LogP contribution in [0.2, 0.25) is 0 Å². The van der Waals surface area contributed by atoms with Gasteiger partial charge in [-0.25, -0.2) is 9.20 Å². The Hall–Kier alpha value is -3.91. The van der Waals surface area contributed by atoms with Gasteiger partial charge in [-0.1, -0.05) is 48.5 Å². The van der Waals surface area contributed by atoms with Gasteiger partial charge in [-0.05, 0) is 36.8 Å². The van der Waals surface area contributed by atoms with E-state index in [0.717, 1.165) is 16.8 Å². The van der Waals surface area contributed by atoms with Crippen LogP contribution in [-0.2, 0) is 15.8 Å². The highest BCUT2D eigenvalue weighted by atomic mass is 32.2. The summed E-state index contributed by atoms with van der Waals surface area (Å²) in [6.07, 6.45) is 2.60. The first-order chi connectivity index (χ1) is 15.5. The lowest BCUT2D eigenvalue weighted by Gasteiger charge is -2.13. The topological polar surface area (TPSA) is 106 Å². The van der Waals surface area contributed by atoms with E-state index < -0.39 is 16.9 Å². The molecule has 1 atom stereocenters. The maximum atomic E-state index is 12.9. The zero-order chi connectivity index (χ0) is 22.9. The standard InChI is InChI=1S/C24H24N4O3S/c1-17-8-6-7-11-20(17)28-32(30)22-16-19(12-13-21(22)31-2)27-23(29)14-15-26-24(25)18-9-4-3-5-10-18/h3-16,28H,1-2H3,(H2,25,26)(H,27,29)/b15-14+. The summed E-state index contributed by atoms with van der Waals surface area (Å²) in [5.41, 5.74) is 8.85. The van der Waals surface area contributed by atoms with Gasteiger partial charge in [-0.3, -0.25) is 4.79 Å². The van der Waals surface area contributed by atoms with E-state index in [2.05, 4.69) is 15.0 Å². The number of amidine groups is 1. The molecule has 3 aromatic carbocycles. The molecule has 8 heteroatoms. The molecule has 4 N–H and O–H groups in total. The van der Waals surface area contributed by atoms with E-state index in [-0.39, 0.29) is 0 Å². The molecule has 7 nitrogen and oxygen atoms in total. The van der Waals surface area contributed by atoms with Crippen LogP contribution in [0.4, 0.5) is 11.4 Å². The number of rotatable bonds is 8. The van der Waals surface area contributed by atoms with E-state index in [0.29, 0.717) is 22.2 Å². The third-order valence-corrected chi connectivity index (χ3v) is 5.61. The molecule has 0 heterocycles. The van der Waals surface area contributed by atoms with E-state index in [1.165, 1.54) is 19.4 Å². The molecule has 1 unspecified atom stereocenters. The Balaban J connectivity index is 1.71. The second-order valence-electron chi connectivity index (χ2n) is 6.74. The number of nitrogens with two attached hydrogens (primary N) is 1. The molecule has 1 amide bonds. The summed E-state index contributed by atoms with van der Waals surface area (Å²) in [5.74, 6) is 0.348. The third kappa shape index (κ3) is 6.05. The lowest BCUT2D eigenvalue weighted by atomic mass is 10.2. The molecule has 0 aliphatic heterocycles. The molecule has 3 aromatic rings. The van der Waals surface area contributed by atoms with Crippen LogP contribution in [-0.4, -0.2) is 23.1 Å². The van der Waals surface area contributed by atoms with Gasteiger partial charge in [0.15, 0.2) is 11.0 Å². The summed E-state index contributed by atoms with van der Waals surface area (Å²) in [7, 11) is -0.0967. The van der Waals surface area contributed by atoms with E-state index in [1.54, 1.807) is 18.2 Å². The van der Waals surface area contributed by atoms with Crippen LogP contribution in [0.3, 0.4) is 0 Å². The van der Waals surface area contributed by atoms with Gasteiger partial charge >= 0.3 is 0 Å². The van der Waals surface area contributed by atoms with Gasteiger partial charge in [0.05, 0.1) is 7.11 Å². The average Bonchev–Trinajstić information content (AvgIpc) is 2.81. The van der Waals surface area contributed by atoms with Crippen LogP contribution < -0.4 is 20.5 Å². The molecular weight excluding hydrogens is 424 g/mol. The van der Waals surface area contributed by atoms with Crippen LogP contribution in [0.25, 0.3) is 0 Å². The van der Waals surface area contributed by atoms with Crippen LogP contribution in [0, 0.1) is 6.92 Å². The van der Waals surface area contributed by atoms with Crippen LogP contribution >= 0.6 is 0 Å². The summed E-state index contributed by atoms with van der Waals surface area (Å²) in [4.78, 5) is 16.8. The molecule has 0 saturated heterocycles. The second kappa shape index (κ2) is 10.9. The number of ether oxygens (including phenoxy) is 1. The van der Waals surface area contributed by atoms with Crippen molar-refractivity contribution in [2.75, 3.05) is 17.1 Å². The molecule has 0 fully saturated rings. The van der Waals surface area contributed by atoms with Crippen molar-refractivity contribution in [3.63, 3.8) is 0 Å². The quantitative estimate of drug-likeness (QED) is 0.275. The summed E-state index contributed by atoms with van der Waals surface area (Å²) in [5, 5.41) is 2.72. The van der Waals surface area contributed by atoms with E-state index in [1.807, 2.05) is 61.5 Å². The number of para-hydroxylation sites is 1. The number of hydrogen-bond acceptors (Lipinski definition) is 4. The predicted molar refractivity (Wildman–Crippen MR) is 129 cm³/mol. The van der Waals surface area contributed by atoms with Crippen molar-refractivity contribution in [1.29, 1.82) is 0 Å². The average molecular weight is 449 g/mol. The van der Waals surface area contributed by atoms with Crippen LogP contribution in [0.1, 0.15) is 11.1 Å². The number of nitrogens with one attached hydrogen (secondary N) is 2. The van der Waals surface area contributed by atoms with Crippen molar-refractivity contribution in [3.05, 3.63) is 96.2 Å². The summed E-state index contributed by atoms with van der Waals surface area (Å²) in [6, 6.07) is 21.7. The van der Waals surface area contributed by atoms with Crippen LogP contribution in [0.15, 0.2) is 95.0 Å². The Kier molecular flexibility index (Phi) is 7.77. The number of methoxy groups -OCH3 is 1. The van der Waals surface area contributed by atoms with Gasteiger partial charge in [0.2, 0.25) is 5.91 Å². The van der Waals surface area contributed by atoms with Gasteiger partial charge in [0.25, 0.3) is 0 Å². The molecular formula is C24H24N4O3S. The second-order valence-corrected chi connectivity index (χ2v) is 7.92. The van der Waals surface area contributed by atoms with Gasteiger partial charge in [0.1, 0.15) is 16.5 Å². The number of anilines is 2. The minimum Gasteiger partial charge on any atom is -0.495 e. The fourth-order valence-electron chi connectivity index (χ4n) is 2.79. The van der Waals surface area contributed by atoms with Gasteiger partial charge in [-0.2, -0.15) is 0 Å². The molecule has 0 radical (unpaired) electrons. The monoisotopic (exact) mass is 448 g/mol. The Morgan fingerprint density at radius 3 is 2.50 bits per heavy atom. The highest BCUT2D eigenvalue weighted by molar-refractivity contribution is 7.86. The lowest BCUT2D eigenvalue weighted by Crippen LogP contribution is -2.13. The highest BCUT2D eigenvalue weighted by Gasteiger charge is 2.14. The number of carbonyl (C=O) groups excluding carboxylic acids is 1. The number of carbonyl (C=O) groups is 1. The summed E-state index contributed by atoms with van der Waals surface area (Å²) >= 11 is 0. The van der Waals surface area contributed by atoms with Crippen molar-refractivity contribution < 1.29 is 13.7 Å². The molecule has 0 saturated carbocycles. The van der Waals surface area contributed by atoms with Crippen molar-refractivity contribution in [2.45, 2.75) is 11.8 Å². The van der Waals surface area contributed by atoms with Crippen molar-refractivity contribution in [3.8, 4) is 5.75 Å². The number of nitrogens with zero attached hydrogens (tertiary/aromatic N) is 1. The minimum atomic E-state index is -1.60. The Bertz CT molecular complexity index is 1180. The predicted octanol–water partition coefficient (Wildman–Crippen LogP) is 4.00. The molecule has 164 valence electrons. The number of benzene rings is 3. The lowest BCUT2D eigenvalue weighted by molar-refractivity contribution is -0.111. The van der Waals surface area contributed by atoms with E-state index >= 15 is 0 Å². The summed E-state index contributed by atoms with van der Waals surface area (Å²) in [6.45, 7) is 1.92. The molecule has 0 aliphatic rings. The van der Waals surface area contributed by atoms with Gasteiger partial charge in [0, 0.05) is 29.2 Å². The van der Waals surface area contributed by atoms with Gasteiger partial charge in [-0.15, -0.1) is 0 Å². The molecule has 0 aromatic heterocycles. The van der Waals surface area contributed by atoms with Crippen molar-refractivity contribution in [2.24, 2.45) is 10.7 Å². The number of hydrogen-bond donors (Lipinski definition) is 3. The molecule has 0 bridgehead atoms. The fraction of sp³-hybridized carbons (Fsp3) is 0.0833. The van der Waals surface area contributed by atoms with Crippen molar-refractivity contribution >= 4 is 34.1 Å². The fourth-order valence-corrected chi connectivity index (χ4v) is 3.90. The first-order valence-corrected chi connectivity index (χ1v) is 10.9. The Morgan fingerprint density at radius 1 is 1.06 bits per heavy atom. The third-order valence-electron chi connectivity index (χ3n) is 4.49. The van der Waals surface area contributed by atoms with Crippen LogP contribution in [0.5, 0.6) is 5.75 Å². The SMILES string of the molecule is COc1ccc(NC(=O)/C=C/N=C(N)c2ccccc2)cc1S(=O)Nc1ccccc1C. The molecule has 32 heavy (non-hydrogen) atoms. The van der Waals surface area contributed by atoms with Crippen molar-refractivity contribution in [1.82, 2.24) is 0 Å². The number of aryl methyl sites for hydroxylation is 1. The Morgan fingerprint density at radius 2 is 1.78 bits per heavy atom. The molecule has 0 aliphatic carbocycles. The molecule has 3 rings (SSSR count). The summed E-state index contributed by atoms with van der Waals surface area (Å²) < 4.78 is 21.2. The van der Waals surface area contributed by atoms with E-state index in [4.69, 9.17) is 10.5 Å². The maximum Gasteiger partial charge on any atom is 0.249 e. The first-order valence-electron chi connectivity index (χ1n) is 9.76.